The molecule has 1 heterocycles. The van der Waals surface area contributed by atoms with Crippen LogP contribution in [0.25, 0.3) is 0 Å². The van der Waals surface area contributed by atoms with E-state index in [1.807, 2.05) is 24.3 Å². The van der Waals surface area contributed by atoms with Gasteiger partial charge in [-0.3, -0.25) is 9.59 Å². The highest BCUT2D eigenvalue weighted by molar-refractivity contribution is 5.95. The number of hydrogen-bond donors (Lipinski definition) is 1. The second-order valence-electron chi connectivity index (χ2n) is 6.70. The number of nitrogens with one attached hydrogen (secondary N) is 1. The highest BCUT2D eigenvalue weighted by atomic mass is 16.5. The highest BCUT2D eigenvalue weighted by Gasteiger charge is 2.27. The summed E-state index contributed by atoms with van der Waals surface area (Å²) in [7, 11) is 0. The molecule has 1 saturated heterocycles. The van der Waals surface area contributed by atoms with E-state index < -0.39 is 6.10 Å². The lowest BCUT2D eigenvalue weighted by molar-refractivity contribution is -0.157. The van der Waals surface area contributed by atoms with Crippen LogP contribution in [0, 0.1) is 5.92 Å². The van der Waals surface area contributed by atoms with Gasteiger partial charge < -0.3 is 19.7 Å². The number of nitrogens with zero attached hydrogens (tertiary/aromatic N) is 1. The van der Waals surface area contributed by atoms with Crippen LogP contribution in [0.15, 0.2) is 24.3 Å². The molecule has 1 aromatic carbocycles. The van der Waals surface area contributed by atoms with Crippen molar-refractivity contribution in [3.8, 4) is 0 Å². The molecule has 1 aliphatic carbocycles. The summed E-state index contributed by atoms with van der Waals surface area (Å²) in [5.41, 5.74) is 1.81. The Balaban J connectivity index is 1.50. The van der Waals surface area contributed by atoms with Crippen molar-refractivity contribution in [3.63, 3.8) is 0 Å². The number of benzene rings is 1. The maximum atomic E-state index is 12.2. The predicted octanol–water partition coefficient (Wildman–Crippen LogP) is 2.58. The number of rotatable bonds is 5. The van der Waals surface area contributed by atoms with E-state index >= 15 is 0 Å². The van der Waals surface area contributed by atoms with E-state index in [1.165, 1.54) is 0 Å². The third kappa shape index (κ3) is 4.72. The Morgan fingerprint density at radius 3 is 2.44 bits per heavy atom. The van der Waals surface area contributed by atoms with Gasteiger partial charge in [0.05, 0.1) is 19.1 Å². The van der Waals surface area contributed by atoms with Crippen molar-refractivity contribution in [2.75, 3.05) is 36.5 Å². The highest BCUT2D eigenvalue weighted by Crippen LogP contribution is 2.26. The fourth-order valence-corrected chi connectivity index (χ4v) is 3.31. The summed E-state index contributed by atoms with van der Waals surface area (Å²) in [6.45, 7) is 4.84. The number of morpholine rings is 1. The van der Waals surface area contributed by atoms with Gasteiger partial charge in [-0.05, 0) is 44.0 Å². The standard InChI is InChI=1S/C19H26N2O4/c1-14(25-19(23)15-4-2-3-5-15)18(22)20-16-6-8-17(9-7-16)21-10-12-24-13-11-21/h6-9,14-15H,2-5,10-13H2,1H3,(H,20,22). The van der Waals surface area contributed by atoms with Gasteiger partial charge in [-0.1, -0.05) is 12.8 Å². The van der Waals surface area contributed by atoms with Crippen LogP contribution in [-0.2, 0) is 19.1 Å². The van der Waals surface area contributed by atoms with Gasteiger partial charge in [0, 0.05) is 24.5 Å². The molecular weight excluding hydrogens is 320 g/mol. The fourth-order valence-electron chi connectivity index (χ4n) is 3.31. The number of carbonyl (C=O) groups is 2. The first-order valence-electron chi connectivity index (χ1n) is 9.07. The molecule has 6 heteroatoms. The normalized spacial score (nSPS) is 19.5. The molecule has 6 nitrogen and oxygen atoms in total. The lowest BCUT2D eigenvalue weighted by Gasteiger charge is -2.29. The number of anilines is 2. The Kier molecular flexibility index (Phi) is 5.91. The van der Waals surface area contributed by atoms with Crippen molar-refractivity contribution in [3.05, 3.63) is 24.3 Å². The van der Waals surface area contributed by atoms with Gasteiger partial charge >= 0.3 is 5.97 Å². The summed E-state index contributed by atoms with van der Waals surface area (Å²) in [4.78, 5) is 26.5. The molecule has 0 spiro atoms. The van der Waals surface area contributed by atoms with Crippen molar-refractivity contribution in [1.29, 1.82) is 0 Å². The Morgan fingerprint density at radius 1 is 1.16 bits per heavy atom. The summed E-state index contributed by atoms with van der Waals surface area (Å²) in [6.07, 6.45) is 3.09. The van der Waals surface area contributed by atoms with Crippen LogP contribution in [0.5, 0.6) is 0 Å². The first-order valence-corrected chi connectivity index (χ1v) is 9.07. The summed E-state index contributed by atoms with van der Waals surface area (Å²) in [5, 5.41) is 2.81. The molecule has 1 aromatic rings. The molecule has 1 N–H and O–H groups in total. The predicted molar refractivity (Wildman–Crippen MR) is 95.6 cm³/mol. The Bertz CT molecular complexity index is 590. The molecule has 1 saturated carbocycles. The maximum Gasteiger partial charge on any atom is 0.309 e. The Morgan fingerprint density at radius 2 is 1.80 bits per heavy atom. The van der Waals surface area contributed by atoms with Crippen LogP contribution in [0.3, 0.4) is 0 Å². The summed E-state index contributed by atoms with van der Waals surface area (Å²) in [6, 6.07) is 7.70. The molecule has 1 unspecified atom stereocenters. The van der Waals surface area contributed by atoms with Gasteiger partial charge in [-0.2, -0.15) is 0 Å². The maximum absolute atomic E-state index is 12.2. The van der Waals surface area contributed by atoms with Crippen LogP contribution < -0.4 is 10.2 Å². The second-order valence-corrected chi connectivity index (χ2v) is 6.70. The number of ether oxygens (including phenoxy) is 2. The van der Waals surface area contributed by atoms with Crippen LogP contribution in [0.2, 0.25) is 0 Å². The van der Waals surface area contributed by atoms with E-state index in [0.29, 0.717) is 5.69 Å². The van der Waals surface area contributed by atoms with E-state index in [2.05, 4.69) is 10.2 Å². The minimum Gasteiger partial charge on any atom is -0.452 e. The lowest BCUT2D eigenvalue weighted by Crippen LogP contribution is -2.36. The molecule has 1 atom stereocenters. The average Bonchev–Trinajstić information content (AvgIpc) is 3.18. The minimum atomic E-state index is -0.785. The minimum absolute atomic E-state index is 0.0388. The van der Waals surface area contributed by atoms with E-state index in [0.717, 1.165) is 57.7 Å². The fraction of sp³-hybridized carbons (Fsp3) is 0.579. The van der Waals surface area contributed by atoms with E-state index in [9.17, 15) is 9.59 Å². The topological polar surface area (TPSA) is 67.9 Å². The Hall–Kier alpha value is -2.08. The van der Waals surface area contributed by atoms with Crippen LogP contribution in [0.1, 0.15) is 32.6 Å². The van der Waals surface area contributed by atoms with Gasteiger partial charge in [-0.25, -0.2) is 0 Å². The van der Waals surface area contributed by atoms with Crippen molar-refractivity contribution in [2.24, 2.45) is 5.92 Å². The Labute approximate surface area is 148 Å². The number of hydrogen-bond acceptors (Lipinski definition) is 5. The van der Waals surface area contributed by atoms with E-state index in [4.69, 9.17) is 9.47 Å². The molecule has 1 aliphatic heterocycles. The SMILES string of the molecule is CC(OC(=O)C1CCCC1)C(=O)Nc1ccc(N2CCOCC2)cc1. The zero-order valence-corrected chi connectivity index (χ0v) is 14.7. The number of esters is 1. The van der Waals surface area contributed by atoms with Crippen molar-refractivity contribution >= 4 is 23.3 Å². The monoisotopic (exact) mass is 346 g/mol. The second kappa shape index (κ2) is 8.34. The summed E-state index contributed by atoms with van der Waals surface area (Å²) in [5.74, 6) is -0.587. The molecule has 0 aromatic heterocycles. The van der Waals surface area contributed by atoms with Gasteiger partial charge in [0.15, 0.2) is 6.10 Å². The van der Waals surface area contributed by atoms with Crippen molar-refractivity contribution in [1.82, 2.24) is 0 Å². The van der Waals surface area contributed by atoms with Crippen LogP contribution in [0.4, 0.5) is 11.4 Å². The first-order chi connectivity index (χ1) is 12.1. The smallest absolute Gasteiger partial charge is 0.309 e. The molecule has 2 fully saturated rings. The number of carbonyl (C=O) groups excluding carboxylic acids is 2. The van der Waals surface area contributed by atoms with Crippen LogP contribution >= 0.6 is 0 Å². The molecule has 2 aliphatic rings. The van der Waals surface area contributed by atoms with Gasteiger partial charge in [0.25, 0.3) is 5.91 Å². The van der Waals surface area contributed by atoms with E-state index in [1.54, 1.807) is 6.92 Å². The zero-order valence-electron chi connectivity index (χ0n) is 14.7. The van der Waals surface area contributed by atoms with Crippen LogP contribution in [-0.4, -0.2) is 44.3 Å². The average molecular weight is 346 g/mol. The zero-order chi connectivity index (χ0) is 17.6. The van der Waals surface area contributed by atoms with Gasteiger partial charge in [0.2, 0.25) is 0 Å². The molecule has 25 heavy (non-hydrogen) atoms. The summed E-state index contributed by atoms with van der Waals surface area (Å²) >= 11 is 0. The summed E-state index contributed by atoms with van der Waals surface area (Å²) < 4.78 is 10.7. The molecule has 0 radical (unpaired) electrons. The van der Waals surface area contributed by atoms with E-state index in [-0.39, 0.29) is 17.8 Å². The molecule has 3 rings (SSSR count). The third-order valence-electron chi connectivity index (χ3n) is 4.86. The van der Waals surface area contributed by atoms with Gasteiger partial charge in [-0.15, -0.1) is 0 Å². The molecule has 136 valence electrons. The molecular formula is C19H26N2O4. The number of amides is 1. The quantitative estimate of drug-likeness (QED) is 0.830. The van der Waals surface area contributed by atoms with Crippen molar-refractivity contribution in [2.45, 2.75) is 38.7 Å². The molecule has 0 bridgehead atoms. The van der Waals surface area contributed by atoms with Crippen molar-refractivity contribution < 1.29 is 19.1 Å². The molecule has 1 amide bonds. The lowest BCUT2D eigenvalue weighted by atomic mass is 10.1. The largest absolute Gasteiger partial charge is 0.452 e. The van der Waals surface area contributed by atoms with Gasteiger partial charge in [0.1, 0.15) is 0 Å². The first kappa shape index (κ1) is 17.7. The third-order valence-corrected chi connectivity index (χ3v) is 4.86.